The van der Waals surface area contributed by atoms with E-state index >= 15 is 0 Å². The van der Waals surface area contributed by atoms with E-state index < -0.39 is 10.0 Å². The Morgan fingerprint density at radius 2 is 1.89 bits per heavy atom. The van der Waals surface area contributed by atoms with Crippen LogP contribution in [0.2, 0.25) is 0 Å². The number of carbonyl (C=O) groups excluding carboxylic acids is 2. The summed E-state index contributed by atoms with van der Waals surface area (Å²) in [6, 6.07) is 4.82. The summed E-state index contributed by atoms with van der Waals surface area (Å²) >= 11 is 0. The fourth-order valence-corrected chi connectivity index (χ4v) is 4.00. The monoisotopic (exact) mass is 411 g/mol. The van der Waals surface area contributed by atoms with Gasteiger partial charge in [-0.3, -0.25) is 9.59 Å². The van der Waals surface area contributed by atoms with Gasteiger partial charge in [-0.15, -0.1) is 0 Å². The van der Waals surface area contributed by atoms with Gasteiger partial charge in [0.1, 0.15) is 0 Å². The number of anilines is 1. The van der Waals surface area contributed by atoms with E-state index in [-0.39, 0.29) is 29.2 Å². The molecule has 1 N–H and O–H groups in total. The molecule has 1 aliphatic rings. The van der Waals surface area contributed by atoms with E-state index in [4.69, 9.17) is 4.74 Å². The molecule has 1 heterocycles. The number of hydrogen-bond acceptors (Lipinski definition) is 6. The fraction of sp³-hybridized carbons (Fsp3) is 0.579. The smallest absolute Gasteiger partial charge is 0.309 e. The Morgan fingerprint density at radius 3 is 2.46 bits per heavy atom. The standard InChI is InChI=1S/C19H29N3O5S/c1-5-27-19(24)15-8-10-22(11-9-15)18(23)13-20-17-12-16(7-6-14(17)2)28(25,26)21(3)4/h6-7,12,15,20H,5,8-11,13H2,1-4H3. The Labute approximate surface area is 166 Å². The number of esters is 1. The number of hydrogen-bond donors (Lipinski definition) is 1. The highest BCUT2D eigenvalue weighted by Crippen LogP contribution is 2.22. The lowest BCUT2D eigenvalue weighted by atomic mass is 9.97. The van der Waals surface area contributed by atoms with E-state index in [2.05, 4.69) is 5.32 Å². The Morgan fingerprint density at radius 1 is 1.25 bits per heavy atom. The predicted octanol–water partition coefficient (Wildman–Crippen LogP) is 1.46. The summed E-state index contributed by atoms with van der Waals surface area (Å²) in [5, 5.41) is 3.05. The number of nitrogens with one attached hydrogen (secondary N) is 1. The Bertz CT molecular complexity index is 815. The van der Waals surface area contributed by atoms with Crippen LogP contribution in [-0.4, -0.2) is 69.8 Å². The third-order valence-corrected chi connectivity index (χ3v) is 6.70. The number of amides is 1. The summed E-state index contributed by atoms with van der Waals surface area (Å²) < 4.78 is 30.8. The van der Waals surface area contributed by atoms with Gasteiger partial charge in [0.15, 0.2) is 0 Å². The molecule has 0 aromatic heterocycles. The van der Waals surface area contributed by atoms with Gasteiger partial charge in [-0.1, -0.05) is 6.07 Å². The van der Waals surface area contributed by atoms with Crippen LogP contribution in [0, 0.1) is 12.8 Å². The van der Waals surface area contributed by atoms with Crippen LogP contribution >= 0.6 is 0 Å². The van der Waals surface area contributed by atoms with E-state index in [1.165, 1.54) is 14.1 Å². The number of sulfonamides is 1. The lowest BCUT2D eigenvalue weighted by Crippen LogP contribution is -2.43. The van der Waals surface area contributed by atoms with Crippen molar-refractivity contribution in [3.63, 3.8) is 0 Å². The molecule has 1 fully saturated rings. The minimum absolute atomic E-state index is 0.0659. The second-order valence-corrected chi connectivity index (χ2v) is 9.18. The summed E-state index contributed by atoms with van der Waals surface area (Å²) in [7, 11) is -0.584. The van der Waals surface area contributed by atoms with E-state index in [1.54, 1.807) is 30.0 Å². The van der Waals surface area contributed by atoms with E-state index in [0.29, 0.717) is 38.2 Å². The van der Waals surface area contributed by atoms with E-state index in [0.717, 1.165) is 9.87 Å². The second kappa shape index (κ2) is 9.38. The molecule has 156 valence electrons. The van der Waals surface area contributed by atoms with Gasteiger partial charge in [0.25, 0.3) is 0 Å². The molecule has 0 unspecified atom stereocenters. The molecule has 9 heteroatoms. The molecule has 0 saturated carbocycles. The Balaban J connectivity index is 1.96. The molecule has 28 heavy (non-hydrogen) atoms. The van der Waals surface area contributed by atoms with Gasteiger partial charge < -0.3 is 15.0 Å². The first-order valence-corrected chi connectivity index (χ1v) is 10.8. The molecule has 0 spiro atoms. The van der Waals surface area contributed by atoms with Gasteiger partial charge in [0.2, 0.25) is 15.9 Å². The second-order valence-electron chi connectivity index (χ2n) is 7.02. The normalized spacial score (nSPS) is 15.5. The maximum absolute atomic E-state index is 12.5. The SMILES string of the molecule is CCOC(=O)C1CCN(C(=O)CNc2cc(S(=O)(=O)N(C)C)ccc2C)CC1. The van der Waals surface area contributed by atoms with Crippen molar-refractivity contribution in [3.8, 4) is 0 Å². The highest BCUT2D eigenvalue weighted by Gasteiger charge is 2.28. The van der Waals surface area contributed by atoms with Crippen LogP contribution in [0.1, 0.15) is 25.3 Å². The number of piperidine rings is 1. The summed E-state index contributed by atoms with van der Waals surface area (Å²) in [5.74, 6) is -0.419. The van der Waals surface area contributed by atoms with Crippen molar-refractivity contribution in [2.45, 2.75) is 31.6 Å². The van der Waals surface area contributed by atoms with Crippen LogP contribution in [0.4, 0.5) is 5.69 Å². The van der Waals surface area contributed by atoms with Gasteiger partial charge in [-0.05, 0) is 44.4 Å². The molecule has 1 amide bonds. The minimum atomic E-state index is -3.54. The number of benzene rings is 1. The van der Waals surface area contributed by atoms with Crippen LogP contribution < -0.4 is 5.32 Å². The molecule has 1 aromatic rings. The molecular formula is C19H29N3O5S. The molecule has 0 bridgehead atoms. The van der Waals surface area contributed by atoms with Crippen molar-refractivity contribution in [3.05, 3.63) is 23.8 Å². The largest absolute Gasteiger partial charge is 0.466 e. The summed E-state index contributed by atoms with van der Waals surface area (Å²) in [4.78, 5) is 26.2. The number of nitrogens with zero attached hydrogens (tertiary/aromatic N) is 2. The molecule has 1 aromatic carbocycles. The van der Waals surface area contributed by atoms with Crippen LogP contribution in [0.5, 0.6) is 0 Å². The maximum Gasteiger partial charge on any atom is 0.309 e. The Kier molecular flexibility index (Phi) is 7.42. The van der Waals surface area contributed by atoms with E-state index in [9.17, 15) is 18.0 Å². The first-order valence-electron chi connectivity index (χ1n) is 9.38. The summed E-state index contributed by atoms with van der Waals surface area (Å²) in [5.41, 5.74) is 1.46. The highest BCUT2D eigenvalue weighted by atomic mass is 32.2. The predicted molar refractivity (Wildman–Crippen MR) is 106 cm³/mol. The van der Waals surface area contributed by atoms with Gasteiger partial charge in [-0.2, -0.15) is 0 Å². The zero-order chi connectivity index (χ0) is 20.9. The number of likely N-dealkylation sites (tertiary alicyclic amines) is 1. The molecule has 1 aliphatic heterocycles. The van der Waals surface area contributed by atoms with Crippen molar-refractivity contribution < 1.29 is 22.7 Å². The summed E-state index contributed by atoms with van der Waals surface area (Å²) in [6.45, 7) is 5.09. The molecule has 2 rings (SSSR count). The molecule has 8 nitrogen and oxygen atoms in total. The van der Waals surface area contributed by atoms with Crippen molar-refractivity contribution in [2.24, 2.45) is 5.92 Å². The third-order valence-electron chi connectivity index (χ3n) is 4.89. The van der Waals surface area contributed by atoms with E-state index in [1.807, 2.05) is 6.92 Å². The number of carbonyl (C=O) groups is 2. The van der Waals surface area contributed by atoms with Crippen molar-refractivity contribution in [1.82, 2.24) is 9.21 Å². The zero-order valence-corrected chi connectivity index (χ0v) is 17.7. The fourth-order valence-electron chi connectivity index (χ4n) is 3.07. The number of aryl methyl sites for hydroxylation is 1. The van der Waals surface area contributed by atoms with Gasteiger partial charge >= 0.3 is 5.97 Å². The molecule has 0 atom stereocenters. The summed E-state index contributed by atoms with van der Waals surface area (Å²) in [6.07, 6.45) is 1.19. The molecule has 1 saturated heterocycles. The maximum atomic E-state index is 12.5. The first kappa shape index (κ1) is 22.2. The highest BCUT2D eigenvalue weighted by molar-refractivity contribution is 7.89. The molecular weight excluding hydrogens is 382 g/mol. The number of rotatable bonds is 7. The van der Waals surface area contributed by atoms with Crippen molar-refractivity contribution in [1.29, 1.82) is 0 Å². The van der Waals surface area contributed by atoms with Gasteiger partial charge in [0.05, 0.1) is 24.0 Å². The van der Waals surface area contributed by atoms with Gasteiger partial charge in [-0.25, -0.2) is 12.7 Å². The lowest BCUT2D eigenvalue weighted by Gasteiger charge is -2.31. The average molecular weight is 412 g/mol. The number of ether oxygens (including phenoxy) is 1. The Hall–Kier alpha value is -2.13. The minimum Gasteiger partial charge on any atom is -0.466 e. The lowest BCUT2D eigenvalue weighted by molar-refractivity contribution is -0.151. The molecule has 0 aliphatic carbocycles. The van der Waals surface area contributed by atoms with Crippen LogP contribution in [0.25, 0.3) is 0 Å². The van der Waals surface area contributed by atoms with Crippen molar-refractivity contribution in [2.75, 3.05) is 45.7 Å². The van der Waals surface area contributed by atoms with Crippen LogP contribution in [0.3, 0.4) is 0 Å². The quantitative estimate of drug-likeness (QED) is 0.683. The third kappa shape index (κ3) is 5.23. The first-order chi connectivity index (χ1) is 13.2. The van der Waals surface area contributed by atoms with Crippen molar-refractivity contribution >= 4 is 27.6 Å². The zero-order valence-electron chi connectivity index (χ0n) is 16.9. The van der Waals surface area contributed by atoms with Crippen LogP contribution in [-0.2, 0) is 24.3 Å². The molecule has 0 radical (unpaired) electrons. The average Bonchev–Trinajstić information content (AvgIpc) is 2.67. The van der Waals surface area contributed by atoms with Crippen LogP contribution in [0.15, 0.2) is 23.1 Å². The van der Waals surface area contributed by atoms with Gasteiger partial charge in [0, 0.05) is 32.9 Å². The topological polar surface area (TPSA) is 96.0 Å².